The molecule has 0 aromatic heterocycles. The molecule has 0 fully saturated rings. The number of hydrogen-bond acceptors (Lipinski definition) is 2. The van der Waals surface area contributed by atoms with Crippen molar-refractivity contribution in [2.45, 2.75) is 6.92 Å². The van der Waals surface area contributed by atoms with Crippen molar-refractivity contribution in [2.75, 3.05) is 27.2 Å². The number of rotatable bonds is 1. The molecule has 0 bridgehead atoms. The van der Waals surface area contributed by atoms with E-state index in [0.717, 1.165) is 30.8 Å². The molecule has 0 unspecified atom stereocenters. The maximum absolute atomic E-state index is 8.79. The van der Waals surface area contributed by atoms with Gasteiger partial charge in [-0.2, -0.15) is 0 Å². The predicted molar refractivity (Wildman–Crippen MR) is 45.1 cm³/mol. The lowest BCUT2D eigenvalue weighted by molar-refractivity contribution is -0.486. The number of hydrogen-bond donors (Lipinski definition) is 1. The van der Waals surface area contributed by atoms with Gasteiger partial charge in [0.1, 0.15) is 13.1 Å². The Kier molecular flexibility index (Phi) is 4.10. The van der Waals surface area contributed by atoms with Gasteiger partial charge < -0.3 is 17.5 Å². The van der Waals surface area contributed by atoms with Gasteiger partial charge in [-0.25, -0.2) is 0 Å². The van der Waals surface area contributed by atoms with Crippen molar-refractivity contribution in [3.63, 3.8) is 0 Å². The topological polar surface area (TPSA) is 26.5 Å². The van der Waals surface area contributed by atoms with Crippen LogP contribution in [-0.2, 0) is 0 Å². The summed E-state index contributed by atoms with van der Waals surface area (Å²) in [4.78, 5) is 2.14. The highest BCUT2D eigenvalue weighted by molar-refractivity contribution is 5.94. The minimum absolute atomic E-state index is 0. The van der Waals surface area contributed by atoms with Gasteiger partial charge >= 0.3 is 0 Å². The maximum atomic E-state index is 8.79. The van der Waals surface area contributed by atoms with Crippen molar-refractivity contribution in [2.24, 2.45) is 0 Å². The molecule has 0 radical (unpaired) electrons. The molecule has 1 aliphatic heterocycles. The summed E-state index contributed by atoms with van der Waals surface area (Å²) in [6.07, 6.45) is 1.16. The van der Waals surface area contributed by atoms with Gasteiger partial charge in [0.2, 0.25) is 0 Å². The summed E-state index contributed by atoms with van der Waals surface area (Å²) >= 11 is 0. The van der Waals surface area contributed by atoms with Crippen LogP contribution in [0.15, 0.2) is 11.8 Å². The van der Waals surface area contributed by atoms with Crippen LogP contribution in [-0.4, -0.2) is 47.6 Å². The summed E-state index contributed by atoms with van der Waals surface area (Å²) in [7, 11) is 4.07. The molecule has 1 heterocycles. The van der Waals surface area contributed by atoms with Gasteiger partial charge in [-0.15, -0.1) is 0 Å². The maximum Gasteiger partial charge on any atom is 0.277 e. The molecule has 0 aliphatic carbocycles. The van der Waals surface area contributed by atoms with Crippen molar-refractivity contribution in [3.05, 3.63) is 11.8 Å². The van der Waals surface area contributed by atoms with Crippen LogP contribution >= 0.6 is 0 Å². The van der Waals surface area contributed by atoms with Crippen LogP contribution in [0.25, 0.3) is 0 Å². The molecular formula is C8H15ClN2O. The monoisotopic (exact) mass is 190 g/mol. The van der Waals surface area contributed by atoms with Crippen molar-refractivity contribution in [1.82, 2.24) is 4.90 Å². The average molecular weight is 191 g/mol. The van der Waals surface area contributed by atoms with Gasteiger partial charge in [0, 0.05) is 0 Å². The van der Waals surface area contributed by atoms with Crippen molar-refractivity contribution < 1.29 is 22.1 Å². The summed E-state index contributed by atoms with van der Waals surface area (Å²) in [5.74, 6) is 1.12. The summed E-state index contributed by atoms with van der Waals surface area (Å²) in [5.41, 5.74) is 0.924. The molecule has 1 N–H and O–H groups in total. The fourth-order valence-corrected chi connectivity index (χ4v) is 1.46. The van der Waals surface area contributed by atoms with Crippen LogP contribution in [0.2, 0.25) is 0 Å². The number of aliphatic hydroxyl groups excluding tert-OH is 1. The number of amidine groups is 1. The van der Waals surface area contributed by atoms with E-state index in [0.29, 0.717) is 0 Å². The molecule has 4 heteroatoms. The molecular weight excluding hydrogens is 176 g/mol. The van der Waals surface area contributed by atoms with Gasteiger partial charge in [0.05, 0.1) is 25.9 Å². The molecule has 0 amide bonds. The van der Waals surface area contributed by atoms with E-state index in [9.17, 15) is 0 Å². The van der Waals surface area contributed by atoms with E-state index in [1.807, 2.05) is 21.0 Å². The Hall–Kier alpha value is -0.700. The molecule has 70 valence electrons. The highest BCUT2D eigenvalue weighted by atomic mass is 35.5. The zero-order chi connectivity index (χ0) is 8.43. The van der Waals surface area contributed by atoms with E-state index >= 15 is 0 Å². The highest BCUT2D eigenvalue weighted by Crippen LogP contribution is 2.05. The Labute approximate surface area is 79.4 Å². The van der Waals surface area contributed by atoms with Crippen LogP contribution < -0.4 is 12.4 Å². The predicted octanol–water partition coefficient (Wildman–Crippen LogP) is -2.56. The van der Waals surface area contributed by atoms with Crippen molar-refractivity contribution in [1.29, 1.82) is 0 Å². The minimum atomic E-state index is 0. The number of likely N-dealkylation sites (N-methyl/N-ethyl adjacent to an activating group) is 2. The van der Waals surface area contributed by atoms with E-state index in [1.54, 1.807) is 0 Å². The minimum Gasteiger partial charge on any atom is -1.00 e. The Morgan fingerprint density at radius 3 is 2.58 bits per heavy atom. The first-order valence-corrected chi connectivity index (χ1v) is 3.77. The van der Waals surface area contributed by atoms with Crippen molar-refractivity contribution >= 4 is 5.84 Å². The third-order valence-corrected chi connectivity index (χ3v) is 2.04. The van der Waals surface area contributed by atoms with E-state index in [-0.39, 0.29) is 12.4 Å². The van der Waals surface area contributed by atoms with Gasteiger partial charge in [-0.1, -0.05) is 0 Å². The van der Waals surface area contributed by atoms with Crippen LogP contribution in [0.3, 0.4) is 0 Å². The van der Waals surface area contributed by atoms with Crippen LogP contribution in [0.1, 0.15) is 6.92 Å². The first-order valence-electron chi connectivity index (χ1n) is 3.77. The first kappa shape index (κ1) is 11.3. The molecule has 0 aromatic carbocycles. The van der Waals surface area contributed by atoms with E-state index in [1.165, 1.54) is 0 Å². The SMILES string of the molecule is C/C(=C\O)C1=[N+](C)CCN1C.[Cl-]. The molecule has 0 saturated heterocycles. The van der Waals surface area contributed by atoms with Gasteiger partial charge in [-0.05, 0) is 6.92 Å². The second-order valence-corrected chi connectivity index (χ2v) is 2.98. The standard InChI is InChI=1S/C8H14N2O.ClH/c1-7(6-11)8-9(2)4-5-10(8)3;/h6H,4-5H2,1-3H3;1H. The second-order valence-electron chi connectivity index (χ2n) is 2.98. The molecule has 0 spiro atoms. The second kappa shape index (κ2) is 4.36. The lowest BCUT2D eigenvalue weighted by atomic mass is 10.3. The van der Waals surface area contributed by atoms with Crippen LogP contribution in [0.5, 0.6) is 0 Å². The molecule has 12 heavy (non-hydrogen) atoms. The quantitative estimate of drug-likeness (QED) is 0.364. The van der Waals surface area contributed by atoms with Gasteiger partial charge in [-0.3, -0.25) is 9.48 Å². The molecule has 1 rings (SSSR count). The van der Waals surface area contributed by atoms with Crippen LogP contribution in [0.4, 0.5) is 0 Å². The number of aliphatic hydroxyl groups is 1. The zero-order valence-corrected chi connectivity index (χ0v) is 8.47. The zero-order valence-electron chi connectivity index (χ0n) is 7.71. The molecule has 0 saturated carbocycles. The molecule has 3 nitrogen and oxygen atoms in total. The van der Waals surface area contributed by atoms with E-state index in [4.69, 9.17) is 5.11 Å². The summed E-state index contributed by atoms with van der Waals surface area (Å²) in [6.45, 7) is 3.99. The summed E-state index contributed by atoms with van der Waals surface area (Å²) in [5, 5.41) is 8.79. The lowest BCUT2D eigenvalue weighted by Gasteiger charge is -2.05. The van der Waals surface area contributed by atoms with Gasteiger partial charge in [0.25, 0.3) is 5.84 Å². The molecule has 0 atom stereocenters. The lowest BCUT2D eigenvalue weighted by Crippen LogP contribution is -3.00. The van der Waals surface area contributed by atoms with Gasteiger partial charge in [0.15, 0.2) is 0 Å². The van der Waals surface area contributed by atoms with Crippen molar-refractivity contribution in [3.8, 4) is 0 Å². The third-order valence-electron chi connectivity index (χ3n) is 2.04. The van der Waals surface area contributed by atoms with E-state index in [2.05, 4.69) is 9.48 Å². The fraction of sp³-hybridized carbons (Fsp3) is 0.625. The normalized spacial score (nSPS) is 18.2. The summed E-state index contributed by atoms with van der Waals surface area (Å²) < 4.78 is 2.14. The Morgan fingerprint density at radius 1 is 1.67 bits per heavy atom. The molecule has 1 aliphatic rings. The Balaban J connectivity index is 0.00000121. The highest BCUT2D eigenvalue weighted by Gasteiger charge is 2.25. The first-order chi connectivity index (χ1) is 5.16. The summed E-state index contributed by atoms with van der Waals surface area (Å²) in [6, 6.07) is 0. The fourth-order valence-electron chi connectivity index (χ4n) is 1.46. The molecule has 0 aromatic rings. The van der Waals surface area contributed by atoms with Crippen LogP contribution in [0, 0.1) is 0 Å². The number of halogens is 1. The Morgan fingerprint density at radius 2 is 2.25 bits per heavy atom. The average Bonchev–Trinajstić information content (AvgIpc) is 2.30. The Bertz CT molecular complexity index is 223. The smallest absolute Gasteiger partial charge is 0.277 e. The largest absolute Gasteiger partial charge is 1.00 e. The number of nitrogens with zero attached hydrogens (tertiary/aromatic N) is 2. The third kappa shape index (κ3) is 1.91. The van der Waals surface area contributed by atoms with E-state index < -0.39 is 0 Å².